The molecule has 2 aromatic heterocycles. The van der Waals surface area contributed by atoms with E-state index in [2.05, 4.69) is 20.2 Å². The Hall–Kier alpha value is -3.72. The SMILES string of the molecule is Cc1cccc(NS(=O)(=O)c2cccc(C(=O)NCCc3nnc4ccccn34)c2)c1. The van der Waals surface area contributed by atoms with Gasteiger partial charge in [0.2, 0.25) is 0 Å². The van der Waals surface area contributed by atoms with Crippen LogP contribution in [0.1, 0.15) is 21.7 Å². The van der Waals surface area contributed by atoms with E-state index in [9.17, 15) is 13.2 Å². The molecule has 0 unspecified atom stereocenters. The number of rotatable bonds is 7. The van der Waals surface area contributed by atoms with Crippen LogP contribution in [0.2, 0.25) is 0 Å². The molecule has 0 atom stereocenters. The molecule has 0 saturated carbocycles. The summed E-state index contributed by atoms with van der Waals surface area (Å²) in [6.45, 7) is 2.22. The first-order valence-corrected chi connectivity index (χ1v) is 11.2. The second kappa shape index (κ2) is 8.57. The summed E-state index contributed by atoms with van der Waals surface area (Å²) in [5.74, 6) is 0.371. The van der Waals surface area contributed by atoms with Gasteiger partial charge in [-0.25, -0.2) is 8.42 Å². The van der Waals surface area contributed by atoms with Crippen LogP contribution in [0, 0.1) is 6.92 Å². The van der Waals surface area contributed by atoms with Gasteiger partial charge in [-0.3, -0.25) is 13.9 Å². The molecule has 0 aliphatic heterocycles. The molecule has 0 radical (unpaired) electrons. The van der Waals surface area contributed by atoms with Gasteiger partial charge in [-0.1, -0.05) is 24.3 Å². The van der Waals surface area contributed by atoms with Gasteiger partial charge in [0.15, 0.2) is 5.65 Å². The van der Waals surface area contributed by atoms with Crippen LogP contribution in [-0.2, 0) is 16.4 Å². The van der Waals surface area contributed by atoms with E-state index in [4.69, 9.17) is 0 Å². The Kier molecular flexibility index (Phi) is 5.68. The summed E-state index contributed by atoms with van der Waals surface area (Å²) in [5.41, 5.74) is 2.41. The van der Waals surface area contributed by atoms with E-state index in [1.54, 1.807) is 30.3 Å². The lowest BCUT2D eigenvalue weighted by molar-refractivity contribution is 0.0953. The van der Waals surface area contributed by atoms with Gasteiger partial charge >= 0.3 is 0 Å². The van der Waals surface area contributed by atoms with Crippen molar-refractivity contribution in [2.24, 2.45) is 0 Å². The Labute approximate surface area is 180 Å². The van der Waals surface area contributed by atoms with Crippen molar-refractivity contribution in [2.75, 3.05) is 11.3 Å². The molecule has 1 amide bonds. The maximum Gasteiger partial charge on any atom is 0.261 e. The molecule has 0 fully saturated rings. The van der Waals surface area contributed by atoms with E-state index in [1.165, 1.54) is 12.1 Å². The van der Waals surface area contributed by atoms with Gasteiger partial charge in [-0.2, -0.15) is 0 Å². The second-order valence-electron chi connectivity index (χ2n) is 7.05. The molecule has 31 heavy (non-hydrogen) atoms. The molecular formula is C22H21N5O3S. The fourth-order valence-corrected chi connectivity index (χ4v) is 4.27. The van der Waals surface area contributed by atoms with Gasteiger partial charge in [0.25, 0.3) is 15.9 Å². The third kappa shape index (κ3) is 4.72. The molecule has 9 heteroatoms. The number of carbonyl (C=O) groups is 1. The number of amides is 1. The Morgan fingerprint density at radius 2 is 1.84 bits per heavy atom. The predicted octanol–water partition coefficient (Wildman–Crippen LogP) is 2.81. The number of fused-ring (bicyclic) bond motifs is 1. The number of benzene rings is 2. The molecular weight excluding hydrogens is 414 g/mol. The molecule has 4 rings (SSSR count). The third-order valence-corrected chi connectivity index (χ3v) is 6.07. The predicted molar refractivity (Wildman–Crippen MR) is 117 cm³/mol. The monoisotopic (exact) mass is 435 g/mol. The first-order valence-electron chi connectivity index (χ1n) is 9.69. The second-order valence-corrected chi connectivity index (χ2v) is 8.74. The van der Waals surface area contributed by atoms with Crippen molar-refractivity contribution < 1.29 is 13.2 Å². The Morgan fingerprint density at radius 1 is 1.00 bits per heavy atom. The minimum absolute atomic E-state index is 0.0186. The number of nitrogens with zero attached hydrogens (tertiary/aromatic N) is 3. The summed E-state index contributed by atoms with van der Waals surface area (Å²) in [6.07, 6.45) is 2.35. The van der Waals surface area contributed by atoms with Gasteiger partial charge < -0.3 is 5.32 Å². The lowest BCUT2D eigenvalue weighted by Gasteiger charge is -2.10. The zero-order valence-electron chi connectivity index (χ0n) is 16.8. The third-order valence-electron chi connectivity index (χ3n) is 4.70. The highest BCUT2D eigenvalue weighted by molar-refractivity contribution is 7.92. The number of hydrogen-bond donors (Lipinski definition) is 2. The van der Waals surface area contributed by atoms with E-state index in [0.717, 1.165) is 17.0 Å². The van der Waals surface area contributed by atoms with E-state index in [-0.39, 0.29) is 16.4 Å². The van der Waals surface area contributed by atoms with Gasteiger partial charge in [-0.15, -0.1) is 10.2 Å². The standard InChI is InChI=1S/C22H21N5O3S/c1-16-6-4-8-18(14-16)26-31(29,30)19-9-5-7-17(15-19)22(28)23-12-11-21-25-24-20-10-2-3-13-27(20)21/h2-10,13-15,26H,11-12H2,1H3,(H,23,28). The van der Waals surface area contributed by atoms with Gasteiger partial charge in [0.05, 0.1) is 4.90 Å². The molecule has 0 aliphatic carbocycles. The van der Waals surface area contributed by atoms with Gasteiger partial charge in [0, 0.05) is 30.4 Å². The number of aryl methyl sites for hydroxylation is 1. The average molecular weight is 436 g/mol. The van der Waals surface area contributed by atoms with Crippen LogP contribution in [0.15, 0.2) is 77.8 Å². The first kappa shape index (κ1) is 20.5. The molecule has 4 aromatic rings. The minimum Gasteiger partial charge on any atom is -0.352 e. The van der Waals surface area contributed by atoms with Crippen molar-refractivity contribution in [1.29, 1.82) is 0 Å². The summed E-state index contributed by atoms with van der Waals surface area (Å²) >= 11 is 0. The zero-order valence-corrected chi connectivity index (χ0v) is 17.6. The topological polar surface area (TPSA) is 105 Å². The van der Waals surface area contributed by atoms with Crippen LogP contribution in [0.3, 0.4) is 0 Å². The minimum atomic E-state index is -3.82. The van der Waals surface area contributed by atoms with Crippen molar-refractivity contribution in [3.63, 3.8) is 0 Å². The molecule has 0 saturated heterocycles. The number of sulfonamides is 1. The molecule has 2 N–H and O–H groups in total. The number of carbonyl (C=O) groups excluding carboxylic acids is 1. The van der Waals surface area contributed by atoms with Crippen LogP contribution in [0.5, 0.6) is 0 Å². The molecule has 2 aromatic carbocycles. The van der Waals surface area contributed by atoms with E-state index < -0.39 is 10.0 Å². The lowest BCUT2D eigenvalue weighted by atomic mass is 10.2. The highest BCUT2D eigenvalue weighted by Crippen LogP contribution is 2.18. The molecule has 0 aliphatic rings. The van der Waals surface area contributed by atoms with Crippen molar-refractivity contribution in [2.45, 2.75) is 18.2 Å². The molecule has 2 heterocycles. The molecule has 0 spiro atoms. The number of nitrogens with one attached hydrogen (secondary N) is 2. The van der Waals surface area contributed by atoms with Crippen molar-refractivity contribution in [1.82, 2.24) is 19.9 Å². The van der Waals surface area contributed by atoms with Crippen molar-refractivity contribution >= 4 is 27.3 Å². The highest BCUT2D eigenvalue weighted by atomic mass is 32.2. The quantitative estimate of drug-likeness (QED) is 0.464. The van der Waals surface area contributed by atoms with Crippen molar-refractivity contribution in [3.05, 3.63) is 89.9 Å². The van der Waals surface area contributed by atoms with E-state index in [1.807, 2.05) is 41.8 Å². The van der Waals surface area contributed by atoms with Gasteiger partial charge in [0.1, 0.15) is 5.82 Å². The molecule has 0 bridgehead atoms. The Bertz CT molecular complexity index is 1350. The normalized spacial score (nSPS) is 11.4. The maximum absolute atomic E-state index is 12.7. The van der Waals surface area contributed by atoms with Gasteiger partial charge in [-0.05, 0) is 55.0 Å². The summed E-state index contributed by atoms with van der Waals surface area (Å²) < 4.78 is 29.8. The Balaban J connectivity index is 1.43. The molecule has 158 valence electrons. The number of aromatic nitrogens is 3. The van der Waals surface area contributed by atoms with Crippen LogP contribution >= 0.6 is 0 Å². The fraction of sp³-hybridized carbons (Fsp3) is 0.136. The van der Waals surface area contributed by atoms with Crippen LogP contribution in [-0.4, -0.2) is 35.5 Å². The van der Waals surface area contributed by atoms with Crippen LogP contribution in [0.25, 0.3) is 5.65 Å². The number of hydrogen-bond acceptors (Lipinski definition) is 5. The number of anilines is 1. The fourth-order valence-electron chi connectivity index (χ4n) is 3.18. The van der Waals surface area contributed by atoms with Crippen LogP contribution < -0.4 is 10.0 Å². The number of pyridine rings is 1. The smallest absolute Gasteiger partial charge is 0.261 e. The van der Waals surface area contributed by atoms with Crippen LogP contribution in [0.4, 0.5) is 5.69 Å². The maximum atomic E-state index is 12.7. The summed E-state index contributed by atoms with van der Waals surface area (Å²) in [5, 5.41) is 11.0. The van der Waals surface area contributed by atoms with E-state index in [0.29, 0.717) is 18.7 Å². The summed E-state index contributed by atoms with van der Waals surface area (Å²) in [4.78, 5) is 12.6. The zero-order chi connectivity index (χ0) is 21.8. The van der Waals surface area contributed by atoms with Crippen molar-refractivity contribution in [3.8, 4) is 0 Å². The molecule has 8 nitrogen and oxygen atoms in total. The lowest BCUT2D eigenvalue weighted by Crippen LogP contribution is -2.26. The average Bonchev–Trinajstić information content (AvgIpc) is 3.17. The Morgan fingerprint density at radius 3 is 2.68 bits per heavy atom. The first-order chi connectivity index (χ1) is 14.9. The highest BCUT2D eigenvalue weighted by Gasteiger charge is 2.17. The summed E-state index contributed by atoms with van der Waals surface area (Å²) in [6, 6.07) is 18.6. The largest absolute Gasteiger partial charge is 0.352 e. The van der Waals surface area contributed by atoms with E-state index >= 15 is 0 Å². The summed E-state index contributed by atoms with van der Waals surface area (Å²) in [7, 11) is -3.82.